The maximum Gasteiger partial charge on any atom is 0.273 e. The van der Waals surface area contributed by atoms with E-state index in [2.05, 4.69) is 4.72 Å². The van der Waals surface area contributed by atoms with Gasteiger partial charge < -0.3 is 10.2 Å². The number of nitrogens with two attached hydrogens (primary N) is 1. The van der Waals surface area contributed by atoms with Gasteiger partial charge in [0.25, 0.3) is 10.0 Å². The lowest BCUT2D eigenvalue weighted by atomic mass is 10.1. The lowest BCUT2D eigenvalue weighted by molar-refractivity contribution is 0.413. The fourth-order valence-electron chi connectivity index (χ4n) is 1.70. The van der Waals surface area contributed by atoms with Gasteiger partial charge in [-0.15, -0.1) is 0 Å². The van der Waals surface area contributed by atoms with Crippen molar-refractivity contribution in [1.29, 1.82) is 0 Å². The first-order valence-electron chi connectivity index (χ1n) is 6.05. The predicted octanol–water partition coefficient (Wildman–Crippen LogP) is 1.40. The van der Waals surface area contributed by atoms with Crippen LogP contribution in [-0.2, 0) is 23.0 Å². The third-order valence-corrected chi connectivity index (χ3v) is 4.08. The molecule has 0 saturated carbocycles. The molecule has 7 heteroatoms. The number of sulfonamides is 1. The van der Waals surface area contributed by atoms with E-state index >= 15 is 0 Å². The van der Waals surface area contributed by atoms with Gasteiger partial charge in [-0.3, -0.25) is 0 Å². The summed E-state index contributed by atoms with van der Waals surface area (Å²) in [6.45, 7) is 0.215. The lowest BCUT2D eigenvalue weighted by Gasteiger charge is -2.05. The van der Waals surface area contributed by atoms with Gasteiger partial charge in [0.2, 0.25) is 5.09 Å². The van der Waals surface area contributed by atoms with Crippen LogP contribution >= 0.6 is 0 Å². The smallest absolute Gasteiger partial charge is 0.273 e. The van der Waals surface area contributed by atoms with E-state index in [-0.39, 0.29) is 30.4 Å². The van der Waals surface area contributed by atoms with E-state index in [0.29, 0.717) is 11.3 Å². The largest absolute Gasteiger partial charge is 0.447 e. The Balaban J connectivity index is 1.98. The average molecular weight is 298 g/mol. The number of nitrogens with one attached hydrogen (secondary N) is 1. The molecule has 0 aliphatic heterocycles. The zero-order chi connectivity index (χ0) is 14.6. The second kappa shape index (κ2) is 6.17. The van der Waals surface area contributed by atoms with Gasteiger partial charge in [0.1, 0.15) is 11.6 Å². The highest BCUT2D eigenvalue weighted by Crippen LogP contribution is 2.13. The number of rotatable bonds is 6. The van der Waals surface area contributed by atoms with Crippen LogP contribution < -0.4 is 10.5 Å². The van der Waals surface area contributed by atoms with Gasteiger partial charge in [0.05, 0.1) is 6.54 Å². The molecular weight excluding hydrogens is 283 g/mol. The Morgan fingerprint density at radius 3 is 2.60 bits per heavy atom. The molecule has 1 aromatic heterocycles. The number of furan rings is 1. The van der Waals surface area contributed by atoms with Gasteiger partial charge in [-0.1, -0.05) is 18.2 Å². The Labute approximate surface area is 116 Å². The number of hydrogen-bond donors (Lipinski definition) is 2. The maximum atomic E-state index is 13.4. The predicted molar refractivity (Wildman–Crippen MR) is 71.9 cm³/mol. The van der Waals surface area contributed by atoms with Gasteiger partial charge in [-0.05, 0) is 30.2 Å². The van der Waals surface area contributed by atoms with Crippen molar-refractivity contribution in [2.45, 2.75) is 18.1 Å². The third-order valence-electron chi connectivity index (χ3n) is 2.75. The molecule has 0 aliphatic rings. The van der Waals surface area contributed by atoms with Gasteiger partial charge in [0, 0.05) is 6.54 Å². The van der Waals surface area contributed by atoms with Crippen molar-refractivity contribution in [2.24, 2.45) is 5.73 Å². The Kier molecular flexibility index (Phi) is 4.53. The molecule has 1 aromatic carbocycles. The summed E-state index contributed by atoms with van der Waals surface area (Å²) in [5, 5.41) is -0.188. The fourth-order valence-corrected chi connectivity index (χ4v) is 2.68. The molecule has 0 radical (unpaired) electrons. The highest BCUT2D eigenvalue weighted by molar-refractivity contribution is 7.89. The first kappa shape index (κ1) is 14.7. The van der Waals surface area contributed by atoms with Crippen molar-refractivity contribution in [3.8, 4) is 0 Å². The molecule has 0 aliphatic carbocycles. The minimum absolute atomic E-state index is 0.0852. The third kappa shape index (κ3) is 3.44. The van der Waals surface area contributed by atoms with E-state index in [1.807, 2.05) is 0 Å². The van der Waals surface area contributed by atoms with Gasteiger partial charge >= 0.3 is 0 Å². The Morgan fingerprint density at radius 2 is 1.95 bits per heavy atom. The van der Waals surface area contributed by atoms with Crippen LogP contribution in [0.15, 0.2) is 45.9 Å². The van der Waals surface area contributed by atoms with Crippen molar-refractivity contribution in [3.63, 3.8) is 0 Å². The lowest BCUT2D eigenvalue weighted by Crippen LogP contribution is -2.25. The highest BCUT2D eigenvalue weighted by atomic mass is 32.2. The molecular formula is C13H15FN2O3S. The summed E-state index contributed by atoms with van der Waals surface area (Å²) >= 11 is 0. The minimum atomic E-state index is -3.73. The second-order valence-corrected chi connectivity index (χ2v) is 5.86. The van der Waals surface area contributed by atoms with Crippen molar-refractivity contribution in [1.82, 2.24) is 4.72 Å². The molecule has 1 heterocycles. The molecule has 20 heavy (non-hydrogen) atoms. The second-order valence-electron chi connectivity index (χ2n) is 4.16. The summed E-state index contributed by atoms with van der Waals surface area (Å²) in [5.74, 6) is 0.0367. The van der Waals surface area contributed by atoms with Crippen molar-refractivity contribution in [2.75, 3.05) is 6.54 Å². The van der Waals surface area contributed by atoms with Crippen LogP contribution in [-0.4, -0.2) is 15.0 Å². The van der Waals surface area contributed by atoms with E-state index in [1.54, 1.807) is 18.2 Å². The standard InChI is InChI=1S/C13H15FN2O3S/c14-12-4-2-1-3-10(12)7-8-16-20(17,18)13-6-5-11(9-15)19-13/h1-6,16H,7-9,15H2. The van der Waals surface area contributed by atoms with Gasteiger partial charge in [0.15, 0.2) is 0 Å². The molecule has 0 amide bonds. The van der Waals surface area contributed by atoms with Crippen LogP contribution in [0.5, 0.6) is 0 Å². The minimum Gasteiger partial charge on any atom is -0.447 e. The number of hydrogen-bond acceptors (Lipinski definition) is 4. The summed E-state index contributed by atoms with van der Waals surface area (Å²) in [7, 11) is -3.73. The zero-order valence-corrected chi connectivity index (χ0v) is 11.5. The fraction of sp³-hybridized carbons (Fsp3) is 0.231. The molecule has 0 unspecified atom stereocenters. The van der Waals surface area contributed by atoms with E-state index in [0.717, 1.165) is 0 Å². The number of halogens is 1. The molecule has 2 aromatic rings. The van der Waals surface area contributed by atoms with Gasteiger partial charge in [-0.2, -0.15) is 0 Å². The Bertz CT molecular complexity index is 682. The maximum absolute atomic E-state index is 13.4. The number of benzene rings is 1. The van der Waals surface area contributed by atoms with Crippen LogP contribution in [0.2, 0.25) is 0 Å². The van der Waals surface area contributed by atoms with Crippen molar-refractivity contribution >= 4 is 10.0 Å². The molecule has 0 atom stereocenters. The van der Waals surface area contributed by atoms with Gasteiger partial charge in [-0.25, -0.2) is 17.5 Å². The molecule has 3 N–H and O–H groups in total. The summed E-state index contributed by atoms with van der Waals surface area (Å²) in [6.07, 6.45) is 0.260. The average Bonchev–Trinajstić information content (AvgIpc) is 2.90. The van der Waals surface area contributed by atoms with E-state index in [9.17, 15) is 12.8 Å². The molecule has 0 spiro atoms. The molecule has 5 nitrogen and oxygen atoms in total. The van der Waals surface area contributed by atoms with Crippen LogP contribution in [0.25, 0.3) is 0 Å². The monoisotopic (exact) mass is 298 g/mol. The van der Waals surface area contributed by atoms with Crippen molar-refractivity contribution < 1.29 is 17.2 Å². The molecule has 0 fully saturated rings. The quantitative estimate of drug-likeness (QED) is 0.844. The Hall–Kier alpha value is -1.70. The van der Waals surface area contributed by atoms with E-state index in [1.165, 1.54) is 18.2 Å². The first-order valence-corrected chi connectivity index (χ1v) is 7.53. The SMILES string of the molecule is NCc1ccc(S(=O)(=O)NCCc2ccccc2F)o1. The topological polar surface area (TPSA) is 85.3 Å². The zero-order valence-electron chi connectivity index (χ0n) is 10.7. The van der Waals surface area contributed by atoms with E-state index < -0.39 is 10.0 Å². The summed E-state index contributed by atoms with van der Waals surface area (Å²) in [5.41, 5.74) is 5.80. The summed E-state index contributed by atoms with van der Waals surface area (Å²) in [4.78, 5) is 0. The summed E-state index contributed by atoms with van der Waals surface area (Å²) in [6, 6.07) is 9.08. The normalized spacial score (nSPS) is 11.7. The van der Waals surface area contributed by atoms with E-state index in [4.69, 9.17) is 10.2 Å². The van der Waals surface area contributed by atoms with Crippen LogP contribution in [0, 0.1) is 5.82 Å². The molecule has 0 saturated heterocycles. The van der Waals surface area contributed by atoms with Crippen LogP contribution in [0.3, 0.4) is 0 Å². The molecule has 108 valence electrons. The van der Waals surface area contributed by atoms with Crippen LogP contribution in [0.4, 0.5) is 4.39 Å². The van der Waals surface area contributed by atoms with Crippen LogP contribution in [0.1, 0.15) is 11.3 Å². The highest BCUT2D eigenvalue weighted by Gasteiger charge is 2.18. The molecule has 2 rings (SSSR count). The summed E-state index contributed by atoms with van der Waals surface area (Å²) < 4.78 is 44.6. The Morgan fingerprint density at radius 1 is 1.20 bits per heavy atom. The first-order chi connectivity index (χ1) is 9.53. The van der Waals surface area contributed by atoms with Crippen molar-refractivity contribution in [3.05, 3.63) is 53.5 Å². The molecule has 0 bridgehead atoms.